The van der Waals surface area contributed by atoms with Crippen molar-refractivity contribution in [2.75, 3.05) is 11.8 Å². The van der Waals surface area contributed by atoms with Crippen molar-refractivity contribution in [3.63, 3.8) is 0 Å². The quantitative estimate of drug-likeness (QED) is 0.762. The summed E-state index contributed by atoms with van der Waals surface area (Å²) < 4.78 is 20.4. The van der Waals surface area contributed by atoms with Gasteiger partial charge in [0.2, 0.25) is 5.82 Å². The maximum absolute atomic E-state index is 12.5. The van der Waals surface area contributed by atoms with E-state index in [1.54, 1.807) is 36.5 Å². The van der Waals surface area contributed by atoms with E-state index in [9.17, 15) is 4.21 Å². The fourth-order valence-electron chi connectivity index (χ4n) is 1.86. The minimum absolute atomic E-state index is 0.183. The fourth-order valence-corrected chi connectivity index (χ4v) is 3.32. The predicted molar refractivity (Wildman–Crippen MR) is 90.4 cm³/mol. The Kier molecular flexibility index (Phi) is 4.61. The zero-order valence-corrected chi connectivity index (χ0v) is 14.1. The first-order chi connectivity index (χ1) is 11.1. The third-order valence-corrected chi connectivity index (χ3v) is 4.96. The number of ether oxygens (including phenoxy) is 1. The Labute approximate surface area is 144 Å². The molecule has 6 nitrogen and oxygen atoms in total. The molecule has 1 N–H and O–H groups in total. The second-order valence-electron chi connectivity index (χ2n) is 4.35. The van der Waals surface area contributed by atoms with Gasteiger partial charge < -0.3 is 4.74 Å². The number of nitrogens with one attached hydrogen (secondary N) is 1. The average Bonchev–Trinajstić information content (AvgIpc) is 2.56. The Morgan fingerprint density at radius 1 is 1.17 bits per heavy atom. The van der Waals surface area contributed by atoms with Crippen LogP contribution in [0.5, 0.6) is 5.88 Å². The molecule has 1 atom stereocenters. The molecule has 0 bridgehead atoms. The fraction of sp³-hybridized carbons (Fsp3) is 0.0714. The minimum Gasteiger partial charge on any atom is -0.478 e. The number of hydrogen-bond donors (Lipinski definition) is 1. The molecule has 0 aliphatic rings. The SMILES string of the molecule is COc1nc2ncccc2nc1NS(=O)c1cccc(Cl)c1Cl. The van der Waals surface area contributed by atoms with E-state index in [1.807, 2.05) is 0 Å². The second-order valence-corrected chi connectivity index (χ2v) is 6.32. The van der Waals surface area contributed by atoms with Crippen LogP contribution in [0, 0.1) is 0 Å². The Morgan fingerprint density at radius 3 is 2.78 bits per heavy atom. The van der Waals surface area contributed by atoms with Gasteiger partial charge in [-0.2, -0.15) is 4.98 Å². The van der Waals surface area contributed by atoms with Crippen molar-refractivity contribution < 1.29 is 8.95 Å². The van der Waals surface area contributed by atoms with Crippen molar-refractivity contribution in [1.82, 2.24) is 15.0 Å². The number of fused-ring (bicyclic) bond motifs is 1. The Morgan fingerprint density at radius 2 is 2.00 bits per heavy atom. The molecule has 0 fully saturated rings. The molecule has 0 amide bonds. The molecule has 0 spiro atoms. The number of hydrogen-bond acceptors (Lipinski definition) is 5. The van der Waals surface area contributed by atoms with Crippen LogP contribution in [0.4, 0.5) is 5.82 Å². The van der Waals surface area contributed by atoms with Gasteiger partial charge in [0, 0.05) is 6.20 Å². The van der Waals surface area contributed by atoms with Crippen molar-refractivity contribution in [2.45, 2.75) is 4.90 Å². The van der Waals surface area contributed by atoms with Crippen LogP contribution in [0.25, 0.3) is 11.2 Å². The van der Waals surface area contributed by atoms with Gasteiger partial charge in [-0.1, -0.05) is 29.3 Å². The van der Waals surface area contributed by atoms with Crippen molar-refractivity contribution in [3.05, 3.63) is 46.6 Å². The maximum Gasteiger partial charge on any atom is 0.260 e. The maximum atomic E-state index is 12.5. The Hall–Kier alpha value is -1.96. The minimum atomic E-state index is -1.68. The van der Waals surface area contributed by atoms with E-state index in [0.717, 1.165) is 0 Å². The summed E-state index contributed by atoms with van der Waals surface area (Å²) in [6, 6.07) is 8.37. The van der Waals surface area contributed by atoms with Crippen LogP contribution in [0.15, 0.2) is 41.4 Å². The van der Waals surface area contributed by atoms with E-state index in [-0.39, 0.29) is 16.7 Å². The highest BCUT2D eigenvalue weighted by Gasteiger charge is 2.16. The smallest absolute Gasteiger partial charge is 0.260 e. The van der Waals surface area contributed by atoms with Gasteiger partial charge in [-0.05, 0) is 24.3 Å². The number of pyridine rings is 1. The first kappa shape index (κ1) is 15.9. The molecule has 0 aliphatic heterocycles. The first-order valence-electron chi connectivity index (χ1n) is 6.39. The van der Waals surface area contributed by atoms with Crippen molar-refractivity contribution in [1.29, 1.82) is 0 Å². The molecule has 23 heavy (non-hydrogen) atoms. The summed E-state index contributed by atoms with van der Waals surface area (Å²) in [4.78, 5) is 13.0. The molecule has 3 aromatic rings. The highest BCUT2D eigenvalue weighted by molar-refractivity contribution is 7.86. The number of aromatic nitrogens is 3. The molecule has 1 aromatic carbocycles. The second kappa shape index (κ2) is 6.66. The number of anilines is 1. The van der Waals surface area contributed by atoms with Gasteiger partial charge in [0.15, 0.2) is 16.6 Å². The molecule has 3 rings (SSSR count). The lowest BCUT2D eigenvalue weighted by molar-refractivity contribution is 0.400. The summed E-state index contributed by atoms with van der Waals surface area (Å²) in [5.41, 5.74) is 0.978. The van der Waals surface area contributed by atoms with Crippen LogP contribution in [-0.4, -0.2) is 26.3 Å². The van der Waals surface area contributed by atoms with Gasteiger partial charge in [0.05, 0.1) is 22.1 Å². The van der Waals surface area contributed by atoms with Gasteiger partial charge in [-0.15, -0.1) is 0 Å². The van der Waals surface area contributed by atoms with Crippen LogP contribution in [0.2, 0.25) is 10.0 Å². The van der Waals surface area contributed by atoms with Crippen LogP contribution >= 0.6 is 23.2 Å². The lowest BCUT2D eigenvalue weighted by Crippen LogP contribution is -2.09. The van der Waals surface area contributed by atoms with Gasteiger partial charge in [-0.3, -0.25) is 4.72 Å². The molecule has 118 valence electrons. The largest absolute Gasteiger partial charge is 0.478 e. The molecule has 2 heterocycles. The highest BCUT2D eigenvalue weighted by atomic mass is 35.5. The molecule has 0 saturated heterocycles. The number of methoxy groups -OCH3 is 1. The van der Waals surface area contributed by atoms with E-state index in [2.05, 4.69) is 19.7 Å². The summed E-state index contributed by atoms with van der Waals surface area (Å²) in [5, 5.41) is 0.537. The van der Waals surface area contributed by atoms with Crippen molar-refractivity contribution >= 4 is 51.2 Å². The normalized spacial score (nSPS) is 12.1. The predicted octanol–water partition coefficient (Wildman–Crippen LogP) is 3.47. The molecule has 2 aromatic heterocycles. The number of benzene rings is 1. The number of nitrogens with zero attached hydrogens (tertiary/aromatic N) is 3. The van der Waals surface area contributed by atoms with Crippen molar-refractivity contribution in [3.8, 4) is 5.88 Å². The topological polar surface area (TPSA) is 77.0 Å². The molecule has 0 aliphatic carbocycles. The zero-order valence-electron chi connectivity index (χ0n) is 11.8. The molecule has 9 heteroatoms. The van der Waals surface area contributed by atoms with E-state index in [0.29, 0.717) is 21.1 Å². The van der Waals surface area contributed by atoms with E-state index in [1.165, 1.54) is 7.11 Å². The highest BCUT2D eigenvalue weighted by Crippen LogP contribution is 2.30. The summed E-state index contributed by atoms with van der Waals surface area (Å²) >= 11 is 12.0. The lowest BCUT2D eigenvalue weighted by atomic mass is 10.4. The molecule has 0 radical (unpaired) electrons. The summed E-state index contributed by atoms with van der Waals surface area (Å²) in [7, 11) is -0.237. The third-order valence-electron chi connectivity index (χ3n) is 2.91. The Balaban J connectivity index is 2.00. The van der Waals surface area contributed by atoms with Gasteiger partial charge in [-0.25, -0.2) is 14.2 Å². The summed E-state index contributed by atoms with van der Waals surface area (Å²) in [6.45, 7) is 0. The van der Waals surface area contributed by atoms with Gasteiger partial charge in [0.1, 0.15) is 5.52 Å². The van der Waals surface area contributed by atoms with Crippen LogP contribution in [0.1, 0.15) is 0 Å². The van der Waals surface area contributed by atoms with Gasteiger partial charge >= 0.3 is 0 Å². The van der Waals surface area contributed by atoms with Crippen LogP contribution in [-0.2, 0) is 11.0 Å². The van der Waals surface area contributed by atoms with Gasteiger partial charge in [0.25, 0.3) is 5.88 Å². The molecular weight excluding hydrogens is 359 g/mol. The standard InChI is InChI=1S/C14H10Cl2N4O2S/c1-22-14-13(18-9-5-3-7-17-12(9)19-14)20-23(21)10-6-2-4-8(15)11(10)16/h2-7H,1H3,(H,18,20). The third kappa shape index (κ3) is 3.21. The molecule has 1 unspecified atom stereocenters. The number of rotatable bonds is 4. The monoisotopic (exact) mass is 368 g/mol. The summed E-state index contributed by atoms with van der Waals surface area (Å²) in [6.07, 6.45) is 1.60. The Bertz CT molecular complexity index is 907. The molecular formula is C14H10Cl2N4O2S. The number of halogens is 2. The van der Waals surface area contributed by atoms with E-state index < -0.39 is 11.0 Å². The zero-order chi connectivity index (χ0) is 16.4. The van der Waals surface area contributed by atoms with Crippen LogP contribution in [0.3, 0.4) is 0 Å². The lowest BCUT2D eigenvalue weighted by Gasteiger charge is -2.11. The van der Waals surface area contributed by atoms with Crippen molar-refractivity contribution in [2.24, 2.45) is 0 Å². The summed E-state index contributed by atoms with van der Waals surface area (Å²) in [5.74, 6) is 0.407. The van der Waals surface area contributed by atoms with E-state index >= 15 is 0 Å². The van der Waals surface area contributed by atoms with E-state index in [4.69, 9.17) is 27.9 Å². The average molecular weight is 369 g/mol. The molecule has 0 saturated carbocycles. The first-order valence-corrected chi connectivity index (χ1v) is 8.30. The van der Waals surface area contributed by atoms with Crippen LogP contribution < -0.4 is 9.46 Å².